The molecule has 13 heteroatoms. The van der Waals surface area contributed by atoms with Crippen molar-refractivity contribution in [1.82, 2.24) is 4.98 Å². The highest BCUT2D eigenvalue weighted by Gasteiger charge is 2.47. The van der Waals surface area contributed by atoms with E-state index in [0.29, 0.717) is 11.3 Å². The highest BCUT2D eigenvalue weighted by atomic mass is 35.5. The summed E-state index contributed by atoms with van der Waals surface area (Å²) in [5, 5.41) is 22.6. The number of amides is 1. The normalized spacial score (nSPS) is 19.1. The number of aryl methyl sites for hydroxylation is 1. The van der Waals surface area contributed by atoms with Crippen LogP contribution in [0.3, 0.4) is 0 Å². The number of rotatable bonds is 8. The van der Waals surface area contributed by atoms with Crippen LogP contribution in [0, 0.1) is 6.92 Å². The Morgan fingerprint density at radius 3 is 2.75 bits per heavy atom. The number of hydrogen-bond acceptors (Lipinski definition) is 7. The molecule has 0 unspecified atom stereocenters. The number of aromatic hydroxyl groups is 1. The number of carbonyl (C=O) groups excluding carboxylic acids is 1. The summed E-state index contributed by atoms with van der Waals surface area (Å²) >= 11 is 6.54. The van der Waals surface area contributed by atoms with Crippen molar-refractivity contribution in [3.05, 3.63) is 52.8 Å². The number of phosphoric acid groups is 1. The van der Waals surface area contributed by atoms with Crippen LogP contribution >= 0.6 is 19.4 Å². The molecule has 1 aliphatic rings. The lowest BCUT2D eigenvalue weighted by Crippen LogP contribution is -2.35. The fourth-order valence-corrected chi connectivity index (χ4v) is 3.85. The zero-order chi connectivity index (χ0) is 23.7. The Morgan fingerprint density at radius 2 is 2.09 bits per heavy atom. The number of hydrogen-bond donors (Lipinski definition) is 5. The van der Waals surface area contributed by atoms with Crippen molar-refractivity contribution >= 4 is 43.2 Å². The van der Waals surface area contributed by atoms with Crippen molar-refractivity contribution in [1.29, 1.82) is 0 Å². The standard InChI is InChI=1S/C19H19ClN3O8P/c1-10-16(24)12(11(7-21-10)9-31-32(28,29)30)8-22-15(17(25)26)6-19(20)13-4-2-3-5-14(13)23-18(19)27/h2-5,7-8,15,24H,6,9H2,1H3,(H,23,27)(H,25,26)(H2,28,29,30)/t15-,19-/m0/s1. The summed E-state index contributed by atoms with van der Waals surface area (Å²) < 4.78 is 15.5. The van der Waals surface area contributed by atoms with E-state index in [2.05, 4.69) is 19.8 Å². The van der Waals surface area contributed by atoms with Gasteiger partial charge in [0.15, 0.2) is 4.87 Å². The van der Waals surface area contributed by atoms with E-state index in [4.69, 9.17) is 21.4 Å². The number of halogens is 1. The van der Waals surface area contributed by atoms with Crippen molar-refractivity contribution in [2.24, 2.45) is 4.99 Å². The average molecular weight is 484 g/mol. The predicted octanol–water partition coefficient (Wildman–Crippen LogP) is 2.05. The minimum Gasteiger partial charge on any atom is -0.505 e. The first-order valence-electron chi connectivity index (χ1n) is 9.16. The summed E-state index contributed by atoms with van der Waals surface area (Å²) in [6.07, 6.45) is 1.86. The number of nitrogens with one attached hydrogen (secondary N) is 1. The van der Waals surface area contributed by atoms with Crippen LogP contribution in [0.4, 0.5) is 5.69 Å². The Hall–Kier alpha value is -2.82. The first-order chi connectivity index (χ1) is 14.9. The van der Waals surface area contributed by atoms with E-state index in [0.717, 1.165) is 6.21 Å². The van der Waals surface area contributed by atoms with E-state index in [1.807, 2.05) is 0 Å². The van der Waals surface area contributed by atoms with E-state index in [-0.39, 0.29) is 29.0 Å². The van der Waals surface area contributed by atoms with Gasteiger partial charge in [0.05, 0.1) is 12.3 Å². The van der Waals surface area contributed by atoms with Crippen LogP contribution in [0.25, 0.3) is 0 Å². The lowest BCUT2D eigenvalue weighted by molar-refractivity contribution is -0.138. The van der Waals surface area contributed by atoms with Crippen LogP contribution in [0.1, 0.15) is 28.8 Å². The second-order valence-electron chi connectivity index (χ2n) is 7.03. The first-order valence-corrected chi connectivity index (χ1v) is 11.1. The summed E-state index contributed by atoms with van der Waals surface area (Å²) in [5.41, 5.74) is 1.11. The zero-order valence-corrected chi connectivity index (χ0v) is 18.2. The summed E-state index contributed by atoms with van der Waals surface area (Å²) in [4.78, 5) is 48.4. The Bertz CT molecular complexity index is 1150. The molecule has 1 aromatic heterocycles. The molecule has 2 heterocycles. The number of aromatic nitrogens is 1. The van der Waals surface area contributed by atoms with E-state index < -0.39 is 37.2 Å². The Balaban J connectivity index is 1.93. The topological polar surface area (TPSA) is 179 Å². The van der Waals surface area contributed by atoms with Gasteiger partial charge in [-0.15, -0.1) is 11.6 Å². The molecule has 32 heavy (non-hydrogen) atoms. The number of carboxylic acid groups (broad SMARTS) is 1. The minimum absolute atomic E-state index is 0.0305. The van der Waals surface area contributed by atoms with Gasteiger partial charge in [0.1, 0.15) is 11.8 Å². The number of alkyl halides is 1. The van der Waals surface area contributed by atoms with Gasteiger partial charge in [-0.05, 0) is 13.0 Å². The monoisotopic (exact) mass is 483 g/mol. The lowest BCUT2D eigenvalue weighted by Gasteiger charge is -2.22. The van der Waals surface area contributed by atoms with Crippen LogP contribution in [0.2, 0.25) is 0 Å². The van der Waals surface area contributed by atoms with Crippen molar-refractivity contribution in [2.75, 3.05) is 5.32 Å². The number of pyridine rings is 1. The Kier molecular flexibility index (Phi) is 6.68. The first kappa shape index (κ1) is 23.8. The number of para-hydroxylation sites is 1. The Morgan fingerprint density at radius 1 is 1.41 bits per heavy atom. The molecular weight excluding hydrogens is 465 g/mol. The van der Waals surface area contributed by atoms with Crippen molar-refractivity contribution < 1.29 is 38.7 Å². The fourth-order valence-electron chi connectivity index (χ4n) is 3.18. The fraction of sp³-hybridized carbons (Fsp3) is 0.263. The van der Waals surface area contributed by atoms with Gasteiger partial charge in [-0.3, -0.25) is 19.3 Å². The van der Waals surface area contributed by atoms with Crippen molar-refractivity contribution in [3.8, 4) is 5.75 Å². The highest BCUT2D eigenvalue weighted by Crippen LogP contribution is 2.44. The third-order valence-electron chi connectivity index (χ3n) is 4.85. The highest BCUT2D eigenvalue weighted by molar-refractivity contribution is 7.46. The molecule has 1 aromatic carbocycles. The number of carbonyl (C=O) groups is 2. The van der Waals surface area contributed by atoms with Gasteiger partial charge in [0, 0.05) is 41.2 Å². The Labute approximate surface area is 187 Å². The van der Waals surface area contributed by atoms with E-state index in [9.17, 15) is 24.4 Å². The lowest BCUT2D eigenvalue weighted by atomic mass is 9.92. The maximum Gasteiger partial charge on any atom is 0.469 e. The van der Waals surface area contributed by atoms with E-state index in [1.54, 1.807) is 24.3 Å². The number of anilines is 1. The number of aliphatic carboxylic acids is 1. The maximum atomic E-state index is 12.5. The molecule has 0 saturated carbocycles. The molecule has 170 valence electrons. The van der Waals surface area contributed by atoms with Crippen molar-refractivity contribution in [3.63, 3.8) is 0 Å². The maximum absolute atomic E-state index is 12.5. The quantitative estimate of drug-likeness (QED) is 0.213. The molecule has 11 nitrogen and oxygen atoms in total. The number of nitrogens with zero attached hydrogens (tertiary/aromatic N) is 2. The predicted molar refractivity (Wildman–Crippen MR) is 114 cm³/mol. The summed E-state index contributed by atoms with van der Waals surface area (Å²) in [5.74, 6) is -2.31. The van der Waals surface area contributed by atoms with Gasteiger partial charge in [-0.2, -0.15) is 0 Å². The molecule has 0 spiro atoms. The summed E-state index contributed by atoms with van der Waals surface area (Å²) in [7, 11) is -4.81. The van der Waals surface area contributed by atoms with Crippen LogP contribution < -0.4 is 5.32 Å². The molecule has 3 rings (SSSR count). The third-order valence-corrected chi connectivity index (χ3v) is 5.85. The molecule has 0 saturated heterocycles. The van der Waals surface area contributed by atoms with Crippen LogP contribution in [0.5, 0.6) is 5.75 Å². The molecule has 0 fully saturated rings. The molecular formula is C19H19ClN3O8P. The van der Waals surface area contributed by atoms with Gasteiger partial charge in [-0.1, -0.05) is 18.2 Å². The van der Waals surface area contributed by atoms with Gasteiger partial charge in [0.2, 0.25) is 5.91 Å². The molecule has 0 radical (unpaired) electrons. The second kappa shape index (κ2) is 8.97. The van der Waals surface area contributed by atoms with Gasteiger partial charge < -0.3 is 25.3 Å². The van der Waals surface area contributed by atoms with E-state index >= 15 is 0 Å². The molecule has 5 N–H and O–H groups in total. The summed E-state index contributed by atoms with van der Waals surface area (Å²) in [6.45, 7) is 0.863. The SMILES string of the molecule is Cc1ncc(COP(=O)(O)O)c(C=N[C@@H](C[C@@]2(Cl)C(=O)Nc3ccccc32)C(=O)O)c1O. The van der Waals surface area contributed by atoms with E-state index in [1.165, 1.54) is 13.1 Å². The minimum atomic E-state index is -4.81. The molecule has 0 bridgehead atoms. The largest absolute Gasteiger partial charge is 0.505 e. The number of carboxylic acids is 1. The van der Waals surface area contributed by atoms with Gasteiger partial charge in [-0.25, -0.2) is 9.36 Å². The average Bonchev–Trinajstić information content (AvgIpc) is 2.96. The van der Waals surface area contributed by atoms with Crippen LogP contribution in [-0.4, -0.2) is 49.1 Å². The smallest absolute Gasteiger partial charge is 0.469 e. The zero-order valence-electron chi connectivity index (χ0n) is 16.6. The molecule has 1 aliphatic heterocycles. The number of fused-ring (bicyclic) bond motifs is 1. The molecule has 2 aromatic rings. The number of aliphatic imine (C=N–C) groups is 1. The van der Waals surface area contributed by atoms with Crippen LogP contribution in [0.15, 0.2) is 35.5 Å². The molecule has 1 amide bonds. The summed E-state index contributed by atoms with van der Waals surface area (Å²) in [6, 6.07) is 5.14. The third kappa shape index (κ3) is 4.98. The molecule has 0 aliphatic carbocycles. The molecule has 2 atom stereocenters. The van der Waals surface area contributed by atoms with Gasteiger partial charge >= 0.3 is 13.8 Å². The number of phosphoric ester groups is 1. The van der Waals surface area contributed by atoms with Crippen LogP contribution in [-0.2, 0) is 30.2 Å². The second-order valence-corrected chi connectivity index (χ2v) is 8.92. The number of benzene rings is 1. The van der Waals surface area contributed by atoms with Crippen molar-refractivity contribution in [2.45, 2.75) is 30.9 Å². The van der Waals surface area contributed by atoms with Gasteiger partial charge in [0.25, 0.3) is 0 Å².